The molecular formula is C15H13BrCl2FN. The molecule has 1 nitrogen and oxygen atoms in total. The monoisotopic (exact) mass is 375 g/mol. The second-order valence-electron chi connectivity index (χ2n) is 4.52. The fourth-order valence-corrected chi connectivity index (χ4v) is 2.73. The van der Waals surface area contributed by atoms with Gasteiger partial charge in [0.15, 0.2) is 0 Å². The van der Waals surface area contributed by atoms with E-state index in [0.29, 0.717) is 20.1 Å². The highest BCUT2D eigenvalue weighted by Gasteiger charge is 2.18. The Morgan fingerprint density at radius 2 is 1.85 bits per heavy atom. The van der Waals surface area contributed by atoms with Crippen LogP contribution < -0.4 is 5.32 Å². The molecule has 0 aliphatic carbocycles. The molecule has 0 amide bonds. The van der Waals surface area contributed by atoms with E-state index in [1.165, 1.54) is 6.07 Å². The van der Waals surface area contributed by atoms with Crippen molar-refractivity contribution in [1.29, 1.82) is 0 Å². The Morgan fingerprint density at radius 1 is 1.15 bits per heavy atom. The molecule has 0 saturated heterocycles. The molecule has 0 aliphatic heterocycles. The Kier molecular flexibility index (Phi) is 5.08. The summed E-state index contributed by atoms with van der Waals surface area (Å²) in [6.45, 7) is 1.93. The van der Waals surface area contributed by atoms with Crippen LogP contribution >= 0.6 is 39.1 Å². The summed E-state index contributed by atoms with van der Waals surface area (Å²) in [5.74, 6) is -0.322. The van der Waals surface area contributed by atoms with Gasteiger partial charge in [-0.15, -0.1) is 0 Å². The van der Waals surface area contributed by atoms with Gasteiger partial charge in [-0.2, -0.15) is 0 Å². The van der Waals surface area contributed by atoms with Crippen LogP contribution in [0, 0.1) is 12.7 Å². The number of rotatable bonds is 3. The molecule has 5 heteroatoms. The minimum absolute atomic E-state index is 0.307. The van der Waals surface area contributed by atoms with Gasteiger partial charge in [-0.05, 0) is 59.2 Å². The number of hydrogen-bond acceptors (Lipinski definition) is 1. The Balaban J connectivity index is 2.52. The number of aryl methyl sites for hydroxylation is 1. The van der Waals surface area contributed by atoms with Crippen LogP contribution in [0.4, 0.5) is 4.39 Å². The lowest BCUT2D eigenvalue weighted by Crippen LogP contribution is -2.19. The van der Waals surface area contributed by atoms with Crippen molar-refractivity contribution < 1.29 is 4.39 Å². The highest BCUT2D eigenvalue weighted by Crippen LogP contribution is 2.32. The first kappa shape index (κ1) is 15.8. The van der Waals surface area contributed by atoms with Crippen molar-refractivity contribution in [2.45, 2.75) is 13.0 Å². The molecule has 2 aromatic carbocycles. The van der Waals surface area contributed by atoms with Crippen LogP contribution in [-0.2, 0) is 0 Å². The third-order valence-corrected chi connectivity index (χ3v) is 4.77. The molecule has 1 unspecified atom stereocenters. The molecule has 0 aromatic heterocycles. The number of nitrogens with one attached hydrogen (secondary N) is 1. The third-order valence-electron chi connectivity index (χ3n) is 3.17. The van der Waals surface area contributed by atoms with Crippen molar-refractivity contribution in [1.82, 2.24) is 5.32 Å². The highest BCUT2D eigenvalue weighted by atomic mass is 79.9. The van der Waals surface area contributed by atoms with E-state index in [-0.39, 0.29) is 11.9 Å². The molecule has 0 aliphatic rings. The maximum absolute atomic E-state index is 14.2. The molecule has 2 rings (SSSR count). The lowest BCUT2D eigenvalue weighted by molar-refractivity contribution is 0.575. The molecule has 0 radical (unpaired) electrons. The second-order valence-corrected chi connectivity index (χ2v) is 6.19. The van der Waals surface area contributed by atoms with Gasteiger partial charge in [-0.3, -0.25) is 0 Å². The predicted octanol–water partition coefficient (Wildman–Crippen LogP) is 5.51. The van der Waals surface area contributed by atoms with Crippen LogP contribution in [0.1, 0.15) is 22.7 Å². The Bertz CT molecular complexity index is 646. The molecule has 0 saturated carbocycles. The zero-order valence-corrected chi connectivity index (χ0v) is 14.1. The zero-order valence-electron chi connectivity index (χ0n) is 11.0. The first-order chi connectivity index (χ1) is 9.43. The smallest absolute Gasteiger partial charge is 0.129 e. The van der Waals surface area contributed by atoms with Crippen LogP contribution in [-0.4, -0.2) is 7.05 Å². The lowest BCUT2D eigenvalue weighted by Gasteiger charge is -2.19. The summed E-state index contributed by atoms with van der Waals surface area (Å²) in [5, 5.41) is 4.23. The molecule has 1 atom stereocenters. The number of halogens is 4. The summed E-state index contributed by atoms with van der Waals surface area (Å²) < 4.78 is 14.7. The first-order valence-electron chi connectivity index (χ1n) is 6.01. The van der Waals surface area contributed by atoms with Crippen molar-refractivity contribution >= 4 is 39.1 Å². The van der Waals surface area contributed by atoms with Crippen molar-refractivity contribution in [2.75, 3.05) is 7.05 Å². The van der Waals surface area contributed by atoms with E-state index >= 15 is 0 Å². The van der Waals surface area contributed by atoms with E-state index in [4.69, 9.17) is 23.2 Å². The molecule has 0 heterocycles. The van der Waals surface area contributed by atoms with E-state index in [0.717, 1.165) is 11.1 Å². The van der Waals surface area contributed by atoms with Crippen molar-refractivity contribution in [3.8, 4) is 0 Å². The van der Waals surface area contributed by atoms with Crippen molar-refractivity contribution in [3.05, 3.63) is 67.4 Å². The van der Waals surface area contributed by atoms with Crippen LogP contribution in [0.5, 0.6) is 0 Å². The summed E-state index contributed by atoms with van der Waals surface area (Å²) in [6, 6.07) is 8.37. The van der Waals surface area contributed by atoms with Gasteiger partial charge in [0.25, 0.3) is 0 Å². The minimum atomic E-state index is -0.322. The fourth-order valence-electron chi connectivity index (χ4n) is 2.05. The van der Waals surface area contributed by atoms with Gasteiger partial charge in [0, 0.05) is 15.1 Å². The highest BCUT2D eigenvalue weighted by molar-refractivity contribution is 9.10. The fraction of sp³-hybridized carbons (Fsp3) is 0.200. The van der Waals surface area contributed by atoms with Gasteiger partial charge in [-0.1, -0.05) is 35.3 Å². The topological polar surface area (TPSA) is 12.0 Å². The Hall–Kier alpha value is -0.610. The maximum Gasteiger partial charge on any atom is 0.129 e. The third kappa shape index (κ3) is 3.17. The van der Waals surface area contributed by atoms with Gasteiger partial charge in [-0.25, -0.2) is 4.39 Å². The van der Waals surface area contributed by atoms with Crippen LogP contribution in [0.2, 0.25) is 10.0 Å². The van der Waals surface area contributed by atoms with Gasteiger partial charge in [0.1, 0.15) is 5.82 Å². The average Bonchev–Trinajstić information content (AvgIpc) is 2.40. The molecule has 1 N–H and O–H groups in total. The van der Waals surface area contributed by atoms with Crippen LogP contribution in [0.25, 0.3) is 0 Å². The quantitative estimate of drug-likeness (QED) is 0.696. The molecule has 106 valence electrons. The minimum Gasteiger partial charge on any atom is -0.309 e. The largest absolute Gasteiger partial charge is 0.309 e. The van der Waals surface area contributed by atoms with Gasteiger partial charge in [0.05, 0.1) is 11.1 Å². The Labute approximate surface area is 136 Å². The summed E-state index contributed by atoms with van der Waals surface area (Å²) in [6.07, 6.45) is 0. The van der Waals surface area contributed by atoms with Gasteiger partial charge in [0.2, 0.25) is 0 Å². The SMILES string of the molecule is CNC(c1ccc(C)c(Cl)c1)c1cc(Cl)c(Br)cc1F. The lowest BCUT2D eigenvalue weighted by atomic mass is 9.97. The zero-order chi connectivity index (χ0) is 14.9. The molecule has 2 aromatic rings. The molecule has 0 bridgehead atoms. The summed E-state index contributed by atoms with van der Waals surface area (Å²) in [7, 11) is 1.77. The van der Waals surface area contributed by atoms with Crippen molar-refractivity contribution in [2.24, 2.45) is 0 Å². The number of benzene rings is 2. The average molecular weight is 377 g/mol. The molecule has 0 spiro atoms. The van der Waals surface area contributed by atoms with E-state index in [1.807, 2.05) is 25.1 Å². The summed E-state index contributed by atoms with van der Waals surface area (Å²) in [5.41, 5.74) is 2.36. The maximum atomic E-state index is 14.2. The first-order valence-corrected chi connectivity index (χ1v) is 7.56. The van der Waals surface area contributed by atoms with Gasteiger partial charge >= 0.3 is 0 Å². The van der Waals surface area contributed by atoms with Crippen LogP contribution in [0.15, 0.2) is 34.8 Å². The predicted molar refractivity (Wildman–Crippen MR) is 86.2 cm³/mol. The van der Waals surface area contributed by atoms with Gasteiger partial charge < -0.3 is 5.32 Å². The second kappa shape index (κ2) is 6.44. The summed E-state index contributed by atoms with van der Waals surface area (Å²) in [4.78, 5) is 0. The van der Waals surface area contributed by atoms with E-state index in [2.05, 4.69) is 21.2 Å². The number of hydrogen-bond donors (Lipinski definition) is 1. The molecular weight excluding hydrogens is 364 g/mol. The molecule has 0 fully saturated rings. The normalized spacial score (nSPS) is 12.5. The van der Waals surface area contributed by atoms with Crippen molar-refractivity contribution in [3.63, 3.8) is 0 Å². The Morgan fingerprint density at radius 3 is 2.45 bits per heavy atom. The standard InChI is InChI=1S/C15H13BrCl2FN/c1-8-3-4-9(5-12(8)17)15(20-2)10-6-13(18)11(16)7-14(10)19/h3-7,15,20H,1-2H3. The van der Waals surface area contributed by atoms with Crippen LogP contribution in [0.3, 0.4) is 0 Å². The van der Waals surface area contributed by atoms with E-state index in [9.17, 15) is 4.39 Å². The summed E-state index contributed by atoms with van der Waals surface area (Å²) >= 11 is 15.4. The molecule has 20 heavy (non-hydrogen) atoms. The van der Waals surface area contributed by atoms with E-state index < -0.39 is 0 Å². The van der Waals surface area contributed by atoms with E-state index in [1.54, 1.807) is 13.1 Å².